The second-order valence-corrected chi connectivity index (χ2v) is 6.61. The number of hydrogen-bond acceptors (Lipinski definition) is 2. The zero-order valence-corrected chi connectivity index (χ0v) is 16.3. The van der Waals surface area contributed by atoms with Crippen LogP contribution in [0.2, 0.25) is 0 Å². The minimum absolute atomic E-state index is 0. The van der Waals surface area contributed by atoms with Crippen LogP contribution >= 0.6 is 24.0 Å². The fourth-order valence-electron chi connectivity index (χ4n) is 4.00. The lowest BCUT2D eigenvalue weighted by molar-refractivity contribution is 0.185. The van der Waals surface area contributed by atoms with E-state index in [9.17, 15) is 5.11 Å². The molecule has 0 atom stereocenters. The number of benzene rings is 1. The molecule has 0 saturated heterocycles. The number of anilines is 1. The molecule has 2 N–H and O–H groups in total. The quantitative estimate of drug-likeness (QED) is 0.439. The van der Waals surface area contributed by atoms with Crippen LogP contribution in [0.1, 0.15) is 37.7 Å². The number of halogens is 1. The van der Waals surface area contributed by atoms with Crippen molar-refractivity contribution in [3.8, 4) is 0 Å². The Morgan fingerprint density at radius 2 is 2.04 bits per heavy atom. The Balaban J connectivity index is 0.00000192. The van der Waals surface area contributed by atoms with Gasteiger partial charge in [0.1, 0.15) is 0 Å². The molecule has 1 aromatic carbocycles. The van der Waals surface area contributed by atoms with Crippen LogP contribution in [0.3, 0.4) is 0 Å². The molecule has 1 aromatic rings. The molecule has 0 spiro atoms. The molecule has 1 aliphatic heterocycles. The maximum absolute atomic E-state index is 9.39. The molecule has 2 aliphatic rings. The van der Waals surface area contributed by atoms with Crippen LogP contribution in [0.15, 0.2) is 29.3 Å². The molecule has 0 aromatic heterocycles. The van der Waals surface area contributed by atoms with E-state index in [2.05, 4.69) is 39.5 Å². The molecule has 1 fully saturated rings. The number of hydrogen-bond donors (Lipinski definition) is 2. The van der Waals surface area contributed by atoms with Crippen molar-refractivity contribution < 1.29 is 5.11 Å². The van der Waals surface area contributed by atoms with E-state index in [4.69, 9.17) is 0 Å². The van der Waals surface area contributed by atoms with Crippen molar-refractivity contribution in [2.75, 3.05) is 31.6 Å². The Morgan fingerprint density at radius 3 is 2.74 bits per heavy atom. The van der Waals surface area contributed by atoms with Crippen LogP contribution in [0.5, 0.6) is 0 Å². The van der Waals surface area contributed by atoms with Gasteiger partial charge in [-0.1, -0.05) is 31.0 Å². The number of guanidine groups is 1. The number of rotatable bonds is 4. The second-order valence-electron chi connectivity index (χ2n) is 6.61. The van der Waals surface area contributed by atoms with Crippen LogP contribution in [-0.2, 0) is 6.42 Å². The molecule has 0 radical (unpaired) electrons. The van der Waals surface area contributed by atoms with Crippen molar-refractivity contribution in [3.05, 3.63) is 29.8 Å². The predicted octanol–water partition coefficient (Wildman–Crippen LogP) is 3.19. The molecule has 1 saturated carbocycles. The summed E-state index contributed by atoms with van der Waals surface area (Å²) in [6.07, 6.45) is 6.98. The van der Waals surface area contributed by atoms with E-state index >= 15 is 0 Å². The van der Waals surface area contributed by atoms with Gasteiger partial charge < -0.3 is 15.3 Å². The van der Waals surface area contributed by atoms with Crippen LogP contribution < -0.4 is 10.2 Å². The third-order valence-corrected chi connectivity index (χ3v) is 5.28. The summed E-state index contributed by atoms with van der Waals surface area (Å²) in [5.74, 6) is 0.967. The highest BCUT2D eigenvalue weighted by atomic mass is 127. The van der Waals surface area contributed by atoms with Crippen molar-refractivity contribution >= 4 is 35.6 Å². The van der Waals surface area contributed by atoms with Crippen molar-refractivity contribution in [2.45, 2.75) is 38.5 Å². The Kier molecular flexibility index (Phi) is 6.71. The summed E-state index contributed by atoms with van der Waals surface area (Å²) in [5.41, 5.74) is 2.93. The first-order valence-electron chi connectivity index (χ1n) is 8.45. The number of para-hydroxylation sites is 1. The molecule has 23 heavy (non-hydrogen) atoms. The van der Waals surface area contributed by atoms with Crippen LogP contribution in [0.4, 0.5) is 5.69 Å². The van der Waals surface area contributed by atoms with Gasteiger partial charge in [0.25, 0.3) is 0 Å². The lowest BCUT2D eigenvalue weighted by atomic mass is 9.83. The van der Waals surface area contributed by atoms with Crippen LogP contribution in [-0.4, -0.2) is 37.8 Å². The van der Waals surface area contributed by atoms with Gasteiger partial charge in [0.05, 0.1) is 0 Å². The third kappa shape index (κ3) is 3.99. The number of aliphatic imine (C=N–C) groups is 1. The highest BCUT2D eigenvalue weighted by molar-refractivity contribution is 14.0. The zero-order valence-electron chi connectivity index (χ0n) is 13.9. The molecule has 0 unspecified atom stereocenters. The van der Waals surface area contributed by atoms with E-state index in [1.54, 1.807) is 0 Å². The van der Waals surface area contributed by atoms with Gasteiger partial charge in [-0.2, -0.15) is 0 Å². The van der Waals surface area contributed by atoms with Crippen LogP contribution in [0.25, 0.3) is 0 Å². The molecular weight excluding hydrogens is 401 g/mol. The summed E-state index contributed by atoms with van der Waals surface area (Å²) < 4.78 is 0. The van der Waals surface area contributed by atoms with Gasteiger partial charge in [0.2, 0.25) is 0 Å². The van der Waals surface area contributed by atoms with Crippen molar-refractivity contribution in [2.24, 2.45) is 10.4 Å². The minimum Gasteiger partial charge on any atom is -0.396 e. The van der Waals surface area contributed by atoms with Gasteiger partial charge in [-0.25, -0.2) is 0 Å². The Morgan fingerprint density at radius 1 is 1.30 bits per heavy atom. The van der Waals surface area contributed by atoms with Crippen LogP contribution in [0, 0.1) is 5.41 Å². The summed E-state index contributed by atoms with van der Waals surface area (Å²) >= 11 is 0. The van der Waals surface area contributed by atoms with Gasteiger partial charge in [0, 0.05) is 32.4 Å². The van der Waals surface area contributed by atoms with E-state index in [1.165, 1.54) is 36.9 Å². The first-order chi connectivity index (χ1) is 10.8. The monoisotopic (exact) mass is 429 g/mol. The number of fused-ring (bicyclic) bond motifs is 1. The van der Waals surface area contributed by atoms with Gasteiger partial charge in [-0.05, 0) is 42.7 Å². The summed E-state index contributed by atoms with van der Waals surface area (Å²) in [7, 11) is 1.86. The van der Waals surface area contributed by atoms with E-state index in [0.717, 1.165) is 31.9 Å². The number of nitrogens with zero attached hydrogens (tertiary/aromatic N) is 2. The summed E-state index contributed by atoms with van der Waals surface area (Å²) in [5, 5.41) is 13.0. The van der Waals surface area contributed by atoms with E-state index in [-0.39, 0.29) is 36.0 Å². The van der Waals surface area contributed by atoms with Gasteiger partial charge in [-0.3, -0.25) is 4.99 Å². The highest BCUT2D eigenvalue weighted by Crippen LogP contribution is 2.40. The van der Waals surface area contributed by atoms with E-state index < -0.39 is 0 Å². The van der Waals surface area contributed by atoms with Crippen molar-refractivity contribution in [3.63, 3.8) is 0 Å². The van der Waals surface area contributed by atoms with E-state index in [0.29, 0.717) is 0 Å². The normalized spacial score (nSPS) is 19.4. The molecular formula is C18H28IN3O. The molecule has 0 bridgehead atoms. The third-order valence-electron chi connectivity index (χ3n) is 5.28. The zero-order chi connectivity index (χ0) is 15.4. The fourth-order valence-corrected chi connectivity index (χ4v) is 4.00. The lowest BCUT2D eigenvalue weighted by Crippen LogP contribution is -2.45. The molecule has 4 nitrogen and oxygen atoms in total. The maximum atomic E-state index is 9.39. The first-order valence-corrected chi connectivity index (χ1v) is 8.45. The molecule has 0 amide bonds. The summed E-state index contributed by atoms with van der Waals surface area (Å²) in [4.78, 5) is 6.78. The van der Waals surface area contributed by atoms with Gasteiger partial charge in [0.15, 0.2) is 5.96 Å². The number of aliphatic hydroxyl groups excluding tert-OH is 1. The van der Waals surface area contributed by atoms with Gasteiger partial charge in [-0.15, -0.1) is 24.0 Å². The average molecular weight is 429 g/mol. The van der Waals surface area contributed by atoms with E-state index in [1.807, 2.05) is 7.05 Å². The second kappa shape index (κ2) is 8.33. The minimum atomic E-state index is 0. The number of aliphatic hydroxyl groups is 1. The lowest BCUT2D eigenvalue weighted by Gasteiger charge is -2.31. The summed E-state index contributed by atoms with van der Waals surface area (Å²) in [6.45, 7) is 2.19. The topological polar surface area (TPSA) is 47.9 Å². The SMILES string of the molecule is CN=C(NCC1(CCO)CCCC1)N1CCc2ccccc21.I. The molecule has 1 aliphatic carbocycles. The largest absolute Gasteiger partial charge is 0.396 e. The standard InChI is InChI=1S/C18H27N3O.HI/c1-19-17(20-14-18(11-13-22)9-4-5-10-18)21-12-8-15-6-2-3-7-16(15)21;/h2-3,6-7,22H,4-5,8-14H2,1H3,(H,19,20);1H. The van der Waals surface area contributed by atoms with Gasteiger partial charge >= 0.3 is 0 Å². The molecule has 5 heteroatoms. The first kappa shape index (κ1) is 18.5. The molecule has 3 rings (SSSR count). The average Bonchev–Trinajstić information content (AvgIpc) is 3.17. The Hall–Kier alpha value is -0.820. The molecule has 1 heterocycles. The Bertz CT molecular complexity index is 541. The van der Waals surface area contributed by atoms with Crippen molar-refractivity contribution in [1.29, 1.82) is 0 Å². The van der Waals surface area contributed by atoms with Crippen molar-refractivity contribution in [1.82, 2.24) is 5.32 Å². The smallest absolute Gasteiger partial charge is 0.198 e. The number of nitrogens with one attached hydrogen (secondary N) is 1. The fraction of sp³-hybridized carbons (Fsp3) is 0.611. The maximum Gasteiger partial charge on any atom is 0.198 e. The Labute approximate surface area is 156 Å². The molecule has 128 valence electrons. The predicted molar refractivity (Wildman–Crippen MR) is 107 cm³/mol. The highest BCUT2D eigenvalue weighted by Gasteiger charge is 2.34. The summed E-state index contributed by atoms with van der Waals surface area (Å²) in [6, 6.07) is 8.57.